The highest BCUT2D eigenvalue weighted by Crippen LogP contribution is 2.49. The van der Waals surface area contributed by atoms with E-state index in [0.717, 1.165) is 110 Å². The van der Waals surface area contributed by atoms with Crippen molar-refractivity contribution in [3.8, 4) is 50.6 Å². The molecule has 0 saturated carbocycles. The average Bonchev–Trinajstić information content (AvgIpc) is 3.65. The summed E-state index contributed by atoms with van der Waals surface area (Å²) >= 11 is 0. The molecule has 0 fully saturated rings. The average molecular weight is 723 g/mol. The quantitative estimate of drug-likeness (QED) is 0.134. The molecule has 11 rings (SSSR count). The summed E-state index contributed by atoms with van der Waals surface area (Å²) < 4.78 is 7.02. The zero-order valence-corrected chi connectivity index (χ0v) is 30.6. The van der Waals surface area contributed by atoms with Gasteiger partial charge in [0.2, 0.25) is 0 Å². The fourth-order valence-corrected chi connectivity index (χ4v) is 9.17. The molecule has 0 aliphatic carbocycles. The Morgan fingerprint density at radius 3 is 1.40 bits per heavy atom. The Bertz CT molecular complexity index is 3440. The van der Waals surface area contributed by atoms with E-state index in [-0.39, 0.29) is 0 Å². The number of rotatable bonds is 4. The van der Waals surface area contributed by atoms with Gasteiger partial charge in [0.1, 0.15) is 11.2 Å². The predicted octanol–water partition coefficient (Wildman–Crippen LogP) is 15.3. The Hall–Kier alpha value is -7.98. The van der Waals surface area contributed by atoms with Crippen LogP contribution >= 0.6 is 0 Å². The minimum absolute atomic E-state index is 0.637. The van der Waals surface area contributed by atoms with E-state index >= 15 is 0 Å². The van der Waals surface area contributed by atoms with E-state index in [1.54, 1.807) is 0 Å². The van der Waals surface area contributed by atoms with Gasteiger partial charge >= 0.3 is 0 Å². The van der Waals surface area contributed by atoms with Crippen LogP contribution in [0.1, 0.15) is 5.56 Å². The van der Waals surface area contributed by atoms with Gasteiger partial charge in [-0.2, -0.15) is 5.26 Å². The number of hydrogen-bond acceptors (Lipinski definition) is 2. The van der Waals surface area contributed by atoms with Crippen molar-refractivity contribution in [2.45, 2.75) is 0 Å². The fourth-order valence-electron chi connectivity index (χ4n) is 9.17. The maximum Gasteiger partial charge on any atom is 0.194 e. The van der Waals surface area contributed by atoms with Crippen LogP contribution in [-0.2, 0) is 0 Å². The number of nitrogens with zero attached hydrogens (tertiary/aromatic N) is 2. The molecule has 0 aliphatic rings. The number of fused-ring (bicyclic) bond motifs is 7. The van der Waals surface area contributed by atoms with E-state index in [1.807, 2.05) is 36.4 Å². The van der Waals surface area contributed by atoms with E-state index in [4.69, 9.17) is 11.0 Å². The molecular formula is C54H30N2O. The van der Waals surface area contributed by atoms with E-state index < -0.39 is 0 Å². The smallest absolute Gasteiger partial charge is 0.194 e. The second-order valence-corrected chi connectivity index (χ2v) is 14.5. The third kappa shape index (κ3) is 4.84. The van der Waals surface area contributed by atoms with E-state index in [1.165, 1.54) is 0 Å². The number of nitriles is 1. The van der Waals surface area contributed by atoms with Crippen molar-refractivity contribution in [2.75, 3.05) is 0 Å². The van der Waals surface area contributed by atoms with Crippen LogP contribution in [0, 0.1) is 17.9 Å². The molecule has 0 spiro atoms. The maximum atomic E-state index is 10.1. The molecule has 1 heterocycles. The largest absolute Gasteiger partial charge is 0.455 e. The van der Waals surface area contributed by atoms with Crippen LogP contribution in [0.5, 0.6) is 0 Å². The van der Waals surface area contributed by atoms with Crippen LogP contribution in [0.2, 0.25) is 0 Å². The first-order valence-corrected chi connectivity index (χ1v) is 19.0. The molecule has 0 saturated heterocycles. The van der Waals surface area contributed by atoms with Gasteiger partial charge in [0.15, 0.2) is 5.69 Å². The summed E-state index contributed by atoms with van der Waals surface area (Å²) in [5.41, 5.74) is 11.3. The Morgan fingerprint density at radius 1 is 0.404 bits per heavy atom. The van der Waals surface area contributed by atoms with Crippen LogP contribution in [-0.4, -0.2) is 0 Å². The zero-order chi connectivity index (χ0) is 38.0. The summed E-state index contributed by atoms with van der Waals surface area (Å²) in [5, 5.41) is 21.1. The number of benzene rings is 10. The molecule has 0 atom stereocenters. The SMILES string of the molecule is [C-]#[N+]c1ccccc1-c1c2ccccc2c(-c2cccc3c2oc2cc(-c4c5ccccc5c(-c5ccccc5C#N)c5ccccc45)ccc23)c2ccccc12. The lowest BCUT2D eigenvalue weighted by Crippen LogP contribution is -1.92. The van der Waals surface area contributed by atoms with Gasteiger partial charge in [-0.15, -0.1) is 0 Å². The normalized spacial score (nSPS) is 11.5. The number of para-hydroxylation sites is 2. The molecule has 11 aromatic rings. The van der Waals surface area contributed by atoms with Gasteiger partial charge in [-0.1, -0.05) is 164 Å². The molecule has 0 radical (unpaired) electrons. The lowest BCUT2D eigenvalue weighted by Gasteiger charge is -2.18. The first-order chi connectivity index (χ1) is 28.2. The highest BCUT2D eigenvalue weighted by molar-refractivity contribution is 6.26. The van der Waals surface area contributed by atoms with Crippen molar-refractivity contribution < 1.29 is 4.42 Å². The molecule has 0 N–H and O–H groups in total. The second kappa shape index (κ2) is 12.8. The topological polar surface area (TPSA) is 41.3 Å². The molecule has 1 aromatic heterocycles. The van der Waals surface area contributed by atoms with Gasteiger partial charge in [0.25, 0.3) is 0 Å². The highest BCUT2D eigenvalue weighted by Gasteiger charge is 2.23. The Morgan fingerprint density at radius 2 is 0.842 bits per heavy atom. The van der Waals surface area contributed by atoms with Crippen LogP contribution < -0.4 is 0 Å². The summed E-state index contributed by atoms with van der Waals surface area (Å²) in [6, 6.07) is 65.4. The van der Waals surface area contributed by atoms with Crippen molar-refractivity contribution in [2.24, 2.45) is 0 Å². The van der Waals surface area contributed by atoms with Crippen molar-refractivity contribution in [1.29, 1.82) is 5.26 Å². The molecule has 0 amide bonds. The lowest BCUT2D eigenvalue weighted by molar-refractivity contribution is 0.670. The lowest BCUT2D eigenvalue weighted by atomic mass is 9.84. The minimum atomic E-state index is 0.637. The molecule has 3 heteroatoms. The molecule has 0 unspecified atom stereocenters. The van der Waals surface area contributed by atoms with Crippen LogP contribution in [0.25, 0.3) is 114 Å². The third-order valence-corrected chi connectivity index (χ3v) is 11.5. The van der Waals surface area contributed by atoms with E-state index in [0.29, 0.717) is 11.3 Å². The summed E-state index contributed by atoms with van der Waals surface area (Å²) in [6.45, 7) is 7.98. The Kier molecular flexibility index (Phi) is 7.30. The van der Waals surface area contributed by atoms with Gasteiger partial charge in [0, 0.05) is 27.5 Å². The molecule has 0 aliphatic heterocycles. The molecular weight excluding hydrogens is 693 g/mol. The van der Waals surface area contributed by atoms with Crippen LogP contribution in [0.15, 0.2) is 186 Å². The number of furan rings is 1. The third-order valence-electron chi connectivity index (χ3n) is 11.5. The molecule has 57 heavy (non-hydrogen) atoms. The second-order valence-electron chi connectivity index (χ2n) is 14.5. The Labute approximate surface area is 328 Å². The zero-order valence-electron chi connectivity index (χ0n) is 30.6. The summed E-state index contributed by atoms with van der Waals surface area (Å²) in [4.78, 5) is 3.92. The number of hydrogen-bond donors (Lipinski definition) is 0. The van der Waals surface area contributed by atoms with Gasteiger partial charge < -0.3 is 4.42 Å². The van der Waals surface area contributed by atoms with E-state index in [2.05, 4.69) is 157 Å². The van der Waals surface area contributed by atoms with Crippen molar-refractivity contribution in [3.05, 3.63) is 199 Å². The maximum absolute atomic E-state index is 10.1. The van der Waals surface area contributed by atoms with Crippen LogP contribution in [0.3, 0.4) is 0 Å². The summed E-state index contributed by atoms with van der Waals surface area (Å²) in [7, 11) is 0. The summed E-state index contributed by atoms with van der Waals surface area (Å²) in [6.07, 6.45) is 0. The van der Waals surface area contributed by atoms with Crippen molar-refractivity contribution in [1.82, 2.24) is 0 Å². The Balaban J connectivity index is 1.17. The standard InChI is InChI=1S/C54H30N2O/c1-56-48-28-13-12-25-46(48)52-41-21-8-10-23-43(41)53(44-24-11-9-22-42(44)52)47-27-14-26-45-36-30-29-33(31-49(36)57-54(45)47)50-37-17-4-6-19-39(37)51(40-20-7-5-18-38(40)50)35-16-3-2-15-34(35)32-55/h2-31H. The van der Waals surface area contributed by atoms with Crippen molar-refractivity contribution in [3.63, 3.8) is 0 Å². The van der Waals surface area contributed by atoms with Gasteiger partial charge in [0.05, 0.1) is 18.2 Å². The fraction of sp³-hybridized carbons (Fsp3) is 0. The van der Waals surface area contributed by atoms with E-state index in [9.17, 15) is 5.26 Å². The van der Waals surface area contributed by atoms with Crippen molar-refractivity contribution >= 4 is 70.7 Å². The highest BCUT2D eigenvalue weighted by atomic mass is 16.3. The van der Waals surface area contributed by atoms with Crippen LogP contribution in [0.4, 0.5) is 5.69 Å². The first-order valence-electron chi connectivity index (χ1n) is 19.0. The molecule has 0 bridgehead atoms. The monoisotopic (exact) mass is 722 g/mol. The predicted molar refractivity (Wildman–Crippen MR) is 236 cm³/mol. The van der Waals surface area contributed by atoms with Gasteiger partial charge in [-0.3, -0.25) is 0 Å². The molecule has 3 nitrogen and oxygen atoms in total. The minimum Gasteiger partial charge on any atom is -0.455 e. The van der Waals surface area contributed by atoms with Gasteiger partial charge in [-0.25, -0.2) is 4.85 Å². The molecule has 10 aromatic carbocycles. The first kappa shape index (κ1) is 32.5. The van der Waals surface area contributed by atoms with Gasteiger partial charge in [-0.05, 0) is 89.1 Å². The molecule has 262 valence electrons. The summed E-state index contributed by atoms with van der Waals surface area (Å²) in [5.74, 6) is 0.